The lowest BCUT2D eigenvalue weighted by Gasteiger charge is -2.37. The molecule has 0 fully saturated rings. The topological polar surface area (TPSA) is 52.6 Å². The van der Waals surface area contributed by atoms with Crippen LogP contribution in [-0.2, 0) is 19.1 Å². The van der Waals surface area contributed by atoms with Gasteiger partial charge < -0.3 is 9.47 Å². The van der Waals surface area contributed by atoms with Gasteiger partial charge in [-0.2, -0.15) is 0 Å². The van der Waals surface area contributed by atoms with E-state index in [1.54, 1.807) is 20.8 Å². The van der Waals surface area contributed by atoms with Crippen molar-refractivity contribution in [2.24, 2.45) is 10.8 Å². The first-order valence-electron chi connectivity index (χ1n) is 6.10. The van der Waals surface area contributed by atoms with E-state index >= 15 is 0 Å². The highest BCUT2D eigenvalue weighted by atomic mass is 16.6. The molecule has 0 N–H and O–H groups in total. The predicted molar refractivity (Wildman–Crippen MR) is 67.8 cm³/mol. The molecule has 0 spiro atoms. The number of carbonyl (C=O) groups is 2. The maximum Gasteiger partial charge on any atom is 0.312 e. The molecule has 0 aromatic carbocycles. The van der Waals surface area contributed by atoms with Crippen LogP contribution in [0.3, 0.4) is 0 Å². The standard InChI is InChI=1S/C14H22O4/c1-13(2,3)11-10(9(15)7-8-17-11)18-12(16)14(4,5)6/h7-8,10-11H,1-6H3/t10-,11+/m0/s1. The fourth-order valence-electron chi connectivity index (χ4n) is 1.58. The SMILES string of the molecule is CC(C)(C)C(=O)O[C@H]1C(=O)C=CO[C@H]1C(C)(C)C. The molecule has 0 aliphatic carbocycles. The van der Waals surface area contributed by atoms with Crippen molar-refractivity contribution in [1.29, 1.82) is 0 Å². The summed E-state index contributed by atoms with van der Waals surface area (Å²) in [6.07, 6.45) is 1.37. The summed E-state index contributed by atoms with van der Waals surface area (Å²) in [5, 5.41) is 0. The molecule has 0 unspecified atom stereocenters. The van der Waals surface area contributed by atoms with E-state index in [1.807, 2.05) is 20.8 Å². The first-order valence-corrected chi connectivity index (χ1v) is 6.10. The van der Waals surface area contributed by atoms with E-state index in [0.29, 0.717) is 0 Å². The van der Waals surface area contributed by atoms with Crippen molar-refractivity contribution in [1.82, 2.24) is 0 Å². The molecule has 0 aromatic heterocycles. The summed E-state index contributed by atoms with van der Waals surface area (Å²) in [6.45, 7) is 11.1. The van der Waals surface area contributed by atoms with Gasteiger partial charge in [0.1, 0.15) is 6.10 Å². The van der Waals surface area contributed by atoms with Crippen LogP contribution in [0.4, 0.5) is 0 Å². The lowest BCUT2D eigenvalue weighted by atomic mass is 9.83. The molecule has 1 aliphatic rings. The van der Waals surface area contributed by atoms with Gasteiger partial charge >= 0.3 is 5.97 Å². The minimum atomic E-state index is -0.860. The van der Waals surface area contributed by atoms with E-state index in [2.05, 4.69) is 0 Å². The van der Waals surface area contributed by atoms with Crippen molar-refractivity contribution < 1.29 is 19.1 Å². The van der Waals surface area contributed by atoms with Crippen LogP contribution in [0.5, 0.6) is 0 Å². The monoisotopic (exact) mass is 254 g/mol. The molecule has 1 rings (SSSR count). The molecule has 18 heavy (non-hydrogen) atoms. The number of hydrogen-bond donors (Lipinski definition) is 0. The van der Waals surface area contributed by atoms with E-state index in [4.69, 9.17) is 9.47 Å². The Hall–Kier alpha value is -1.32. The third-order valence-corrected chi connectivity index (χ3v) is 2.71. The van der Waals surface area contributed by atoms with Crippen LogP contribution in [0.2, 0.25) is 0 Å². The third kappa shape index (κ3) is 3.34. The maximum atomic E-state index is 11.9. The van der Waals surface area contributed by atoms with E-state index < -0.39 is 23.6 Å². The minimum Gasteiger partial charge on any atom is -0.493 e. The first-order chi connectivity index (χ1) is 8.03. The molecule has 4 heteroatoms. The van der Waals surface area contributed by atoms with Crippen LogP contribution in [-0.4, -0.2) is 24.0 Å². The van der Waals surface area contributed by atoms with Gasteiger partial charge in [0.25, 0.3) is 0 Å². The Bertz CT molecular complexity index is 368. The smallest absolute Gasteiger partial charge is 0.312 e. The summed E-state index contributed by atoms with van der Waals surface area (Å²) >= 11 is 0. The van der Waals surface area contributed by atoms with E-state index in [1.165, 1.54) is 12.3 Å². The Kier molecular flexibility index (Phi) is 3.89. The van der Waals surface area contributed by atoms with Gasteiger partial charge in [0.15, 0.2) is 0 Å². The van der Waals surface area contributed by atoms with Gasteiger partial charge in [-0.25, -0.2) is 0 Å². The van der Waals surface area contributed by atoms with Crippen molar-refractivity contribution in [2.75, 3.05) is 0 Å². The number of hydrogen-bond acceptors (Lipinski definition) is 4. The van der Waals surface area contributed by atoms with Crippen molar-refractivity contribution >= 4 is 11.8 Å². The van der Waals surface area contributed by atoms with Gasteiger partial charge in [0.2, 0.25) is 11.9 Å². The van der Waals surface area contributed by atoms with Crippen molar-refractivity contribution in [2.45, 2.75) is 53.8 Å². The Morgan fingerprint density at radius 2 is 1.78 bits per heavy atom. The largest absolute Gasteiger partial charge is 0.493 e. The summed E-state index contributed by atoms with van der Waals surface area (Å²) in [6, 6.07) is 0. The molecule has 0 amide bonds. The molecule has 4 nitrogen and oxygen atoms in total. The van der Waals surface area contributed by atoms with E-state index in [-0.39, 0.29) is 11.2 Å². The third-order valence-electron chi connectivity index (χ3n) is 2.71. The highest BCUT2D eigenvalue weighted by Gasteiger charge is 2.43. The van der Waals surface area contributed by atoms with Gasteiger partial charge in [-0.15, -0.1) is 0 Å². The van der Waals surface area contributed by atoms with E-state index in [0.717, 1.165) is 0 Å². The Labute approximate surface area is 108 Å². The molecule has 0 saturated heterocycles. The average molecular weight is 254 g/mol. The van der Waals surface area contributed by atoms with Gasteiger partial charge in [-0.3, -0.25) is 9.59 Å². The molecule has 1 aliphatic heterocycles. The fourth-order valence-corrected chi connectivity index (χ4v) is 1.58. The number of carbonyl (C=O) groups excluding carboxylic acids is 2. The quantitative estimate of drug-likeness (QED) is 0.674. The molecule has 0 bridgehead atoms. The Balaban J connectivity index is 2.92. The summed E-state index contributed by atoms with van der Waals surface area (Å²) in [7, 11) is 0. The summed E-state index contributed by atoms with van der Waals surface area (Å²) < 4.78 is 10.8. The highest BCUT2D eigenvalue weighted by Crippen LogP contribution is 2.31. The second-order valence-electron chi connectivity index (χ2n) is 6.70. The number of ketones is 1. The van der Waals surface area contributed by atoms with Crippen LogP contribution >= 0.6 is 0 Å². The van der Waals surface area contributed by atoms with Crippen molar-refractivity contribution in [3.8, 4) is 0 Å². The molecular weight excluding hydrogens is 232 g/mol. The zero-order chi connectivity index (χ0) is 14.1. The first kappa shape index (κ1) is 14.7. The fraction of sp³-hybridized carbons (Fsp3) is 0.714. The lowest BCUT2D eigenvalue weighted by molar-refractivity contribution is -0.174. The van der Waals surface area contributed by atoms with Gasteiger partial charge in [-0.05, 0) is 20.8 Å². The Morgan fingerprint density at radius 1 is 1.22 bits per heavy atom. The number of rotatable bonds is 1. The van der Waals surface area contributed by atoms with Crippen LogP contribution < -0.4 is 0 Å². The molecule has 0 saturated carbocycles. The summed E-state index contributed by atoms with van der Waals surface area (Å²) in [5.41, 5.74) is -0.923. The number of ether oxygens (including phenoxy) is 2. The molecule has 0 aromatic rings. The van der Waals surface area contributed by atoms with Gasteiger partial charge in [-0.1, -0.05) is 20.8 Å². The van der Waals surface area contributed by atoms with Crippen LogP contribution in [0.1, 0.15) is 41.5 Å². The number of esters is 1. The van der Waals surface area contributed by atoms with Gasteiger partial charge in [0, 0.05) is 11.5 Å². The molecule has 102 valence electrons. The minimum absolute atomic E-state index is 0.223. The molecular formula is C14H22O4. The lowest BCUT2D eigenvalue weighted by Crippen LogP contribution is -2.48. The van der Waals surface area contributed by atoms with Gasteiger partial charge in [0.05, 0.1) is 11.7 Å². The van der Waals surface area contributed by atoms with Crippen LogP contribution in [0.15, 0.2) is 12.3 Å². The second-order valence-corrected chi connectivity index (χ2v) is 6.70. The maximum absolute atomic E-state index is 11.9. The van der Waals surface area contributed by atoms with Crippen LogP contribution in [0, 0.1) is 10.8 Å². The molecule has 2 atom stereocenters. The zero-order valence-electron chi connectivity index (χ0n) is 11.9. The highest BCUT2D eigenvalue weighted by molar-refractivity contribution is 5.96. The van der Waals surface area contributed by atoms with Crippen molar-refractivity contribution in [3.63, 3.8) is 0 Å². The van der Waals surface area contributed by atoms with Crippen molar-refractivity contribution in [3.05, 3.63) is 12.3 Å². The summed E-state index contributed by atoms with van der Waals surface area (Å²) in [5.74, 6) is -0.618. The average Bonchev–Trinajstić information content (AvgIpc) is 2.17. The second kappa shape index (κ2) is 4.75. The van der Waals surface area contributed by atoms with Crippen LogP contribution in [0.25, 0.3) is 0 Å². The zero-order valence-corrected chi connectivity index (χ0v) is 11.9. The normalized spacial score (nSPS) is 24.7. The molecule has 1 heterocycles. The summed E-state index contributed by atoms with van der Waals surface area (Å²) in [4.78, 5) is 23.8. The Morgan fingerprint density at radius 3 is 2.22 bits per heavy atom. The predicted octanol–water partition coefficient (Wildman–Crippen LogP) is 2.47. The molecule has 0 radical (unpaired) electrons. The van der Waals surface area contributed by atoms with E-state index in [9.17, 15) is 9.59 Å².